The Hall–Kier alpha value is -2.14. The molecule has 0 fully saturated rings. The molecule has 0 bridgehead atoms. The van der Waals surface area contributed by atoms with Crippen LogP contribution in [0.2, 0.25) is 0 Å². The van der Waals surface area contributed by atoms with E-state index in [0.717, 1.165) is 11.1 Å². The highest BCUT2D eigenvalue weighted by Crippen LogP contribution is 2.13. The molecule has 88 valence electrons. The predicted molar refractivity (Wildman–Crippen MR) is 62.6 cm³/mol. The third kappa shape index (κ3) is 2.70. The zero-order valence-corrected chi connectivity index (χ0v) is 9.11. The number of aliphatic hydroxyl groups excluding tert-OH is 1. The first-order chi connectivity index (χ1) is 8.19. The fourth-order valence-corrected chi connectivity index (χ4v) is 1.62. The Morgan fingerprint density at radius 1 is 1.18 bits per heavy atom. The van der Waals surface area contributed by atoms with Crippen LogP contribution in [-0.2, 0) is 13.2 Å². The summed E-state index contributed by atoms with van der Waals surface area (Å²) in [6.45, 7) is 0.658. The molecule has 0 aliphatic rings. The van der Waals surface area contributed by atoms with Gasteiger partial charge in [-0.15, -0.1) is 0 Å². The van der Waals surface area contributed by atoms with Crippen LogP contribution in [0.1, 0.15) is 11.1 Å². The average Bonchev–Trinajstić information content (AvgIpc) is 2.77. The monoisotopic (exact) mass is 232 g/mol. The quantitative estimate of drug-likeness (QED) is 0.647. The van der Waals surface area contributed by atoms with Crippen molar-refractivity contribution in [3.05, 3.63) is 64.0 Å². The summed E-state index contributed by atoms with van der Waals surface area (Å²) in [5.41, 5.74) is 1.93. The summed E-state index contributed by atoms with van der Waals surface area (Å²) in [6, 6.07) is 8.29. The minimum atomic E-state index is -0.413. The van der Waals surface area contributed by atoms with E-state index in [-0.39, 0.29) is 12.3 Å². The normalized spacial score (nSPS) is 10.4. The van der Waals surface area contributed by atoms with Gasteiger partial charge in [-0.2, -0.15) is 0 Å². The van der Waals surface area contributed by atoms with Crippen LogP contribution in [-0.4, -0.2) is 14.6 Å². The van der Waals surface area contributed by atoms with Crippen molar-refractivity contribution in [1.82, 2.24) is 4.57 Å². The van der Waals surface area contributed by atoms with Crippen molar-refractivity contribution >= 4 is 5.69 Å². The highest BCUT2D eigenvalue weighted by molar-refractivity contribution is 5.33. The minimum Gasteiger partial charge on any atom is -0.392 e. The molecule has 0 radical (unpaired) electrons. The van der Waals surface area contributed by atoms with Crippen LogP contribution in [0.3, 0.4) is 0 Å². The molecular formula is C12H12N2O3. The molecule has 0 atom stereocenters. The second-order valence-electron chi connectivity index (χ2n) is 3.77. The van der Waals surface area contributed by atoms with Crippen LogP contribution < -0.4 is 0 Å². The number of nitrogens with zero attached hydrogens (tertiary/aromatic N) is 2. The zero-order valence-electron chi connectivity index (χ0n) is 9.11. The SMILES string of the molecule is O=[N+]([O-])c1ccc(Cn2ccc(CO)c2)cc1. The van der Waals surface area contributed by atoms with E-state index in [9.17, 15) is 10.1 Å². The van der Waals surface area contributed by atoms with E-state index in [1.807, 2.05) is 23.0 Å². The molecule has 1 aromatic carbocycles. The number of hydrogen-bond donors (Lipinski definition) is 1. The summed E-state index contributed by atoms with van der Waals surface area (Å²) in [5, 5.41) is 19.4. The number of benzene rings is 1. The van der Waals surface area contributed by atoms with E-state index >= 15 is 0 Å². The lowest BCUT2D eigenvalue weighted by atomic mass is 10.2. The number of nitro groups is 1. The molecule has 5 heteroatoms. The topological polar surface area (TPSA) is 68.3 Å². The van der Waals surface area contributed by atoms with Crippen LogP contribution in [0, 0.1) is 10.1 Å². The van der Waals surface area contributed by atoms with Crippen LogP contribution in [0.5, 0.6) is 0 Å². The van der Waals surface area contributed by atoms with Gasteiger partial charge in [0.25, 0.3) is 5.69 Å². The Balaban J connectivity index is 2.10. The maximum absolute atomic E-state index is 10.5. The van der Waals surface area contributed by atoms with E-state index in [1.54, 1.807) is 12.1 Å². The molecule has 2 aromatic rings. The lowest BCUT2D eigenvalue weighted by Crippen LogP contribution is -1.96. The van der Waals surface area contributed by atoms with Gasteiger partial charge in [0.2, 0.25) is 0 Å². The minimum absolute atomic E-state index is 0.0211. The molecule has 1 heterocycles. The van der Waals surface area contributed by atoms with Gasteiger partial charge in [-0.25, -0.2) is 0 Å². The molecule has 1 N–H and O–H groups in total. The first-order valence-electron chi connectivity index (χ1n) is 5.18. The van der Waals surface area contributed by atoms with Crippen molar-refractivity contribution in [2.24, 2.45) is 0 Å². The maximum Gasteiger partial charge on any atom is 0.269 e. The molecule has 1 aromatic heterocycles. The van der Waals surface area contributed by atoms with Crippen LogP contribution >= 0.6 is 0 Å². The van der Waals surface area contributed by atoms with Crippen LogP contribution in [0.25, 0.3) is 0 Å². The lowest BCUT2D eigenvalue weighted by Gasteiger charge is -2.02. The Labute approximate surface area is 98.1 Å². The lowest BCUT2D eigenvalue weighted by molar-refractivity contribution is -0.384. The van der Waals surface area contributed by atoms with Crippen molar-refractivity contribution in [3.8, 4) is 0 Å². The van der Waals surface area contributed by atoms with Crippen molar-refractivity contribution in [2.75, 3.05) is 0 Å². The van der Waals surface area contributed by atoms with Gasteiger partial charge in [-0.1, -0.05) is 12.1 Å². The third-order valence-electron chi connectivity index (χ3n) is 2.51. The molecule has 5 nitrogen and oxygen atoms in total. The highest BCUT2D eigenvalue weighted by atomic mass is 16.6. The van der Waals surface area contributed by atoms with Crippen LogP contribution in [0.15, 0.2) is 42.7 Å². The van der Waals surface area contributed by atoms with Gasteiger partial charge in [-0.05, 0) is 17.2 Å². The molecule has 0 unspecified atom stereocenters. The summed E-state index contributed by atoms with van der Waals surface area (Å²) in [7, 11) is 0. The van der Waals surface area contributed by atoms with Gasteiger partial charge in [0.1, 0.15) is 0 Å². The van der Waals surface area contributed by atoms with Gasteiger partial charge in [-0.3, -0.25) is 10.1 Å². The Morgan fingerprint density at radius 2 is 1.88 bits per heavy atom. The standard InChI is InChI=1S/C12H12N2O3/c15-9-11-5-6-13(8-11)7-10-1-3-12(4-2-10)14(16)17/h1-6,8,15H,7,9H2. The number of non-ortho nitro benzene ring substituents is 1. The summed E-state index contributed by atoms with van der Waals surface area (Å²) in [6.07, 6.45) is 3.72. The van der Waals surface area contributed by atoms with Gasteiger partial charge in [0, 0.05) is 31.1 Å². The second-order valence-corrected chi connectivity index (χ2v) is 3.77. The molecular weight excluding hydrogens is 220 g/mol. The number of rotatable bonds is 4. The zero-order chi connectivity index (χ0) is 12.3. The van der Waals surface area contributed by atoms with Crippen molar-refractivity contribution in [2.45, 2.75) is 13.2 Å². The summed E-state index contributed by atoms with van der Waals surface area (Å²) < 4.78 is 1.92. The van der Waals surface area contributed by atoms with Crippen LogP contribution in [0.4, 0.5) is 5.69 Å². The molecule has 0 saturated heterocycles. The van der Waals surface area contributed by atoms with Gasteiger partial charge < -0.3 is 9.67 Å². The summed E-state index contributed by atoms with van der Waals surface area (Å²) in [4.78, 5) is 10.1. The summed E-state index contributed by atoms with van der Waals surface area (Å²) >= 11 is 0. The Morgan fingerprint density at radius 3 is 2.41 bits per heavy atom. The number of hydrogen-bond acceptors (Lipinski definition) is 3. The van der Waals surface area contributed by atoms with Crippen molar-refractivity contribution in [1.29, 1.82) is 0 Å². The fraction of sp³-hybridized carbons (Fsp3) is 0.167. The number of aromatic nitrogens is 1. The predicted octanol–water partition coefficient (Wildman–Crippen LogP) is 1.94. The van der Waals surface area contributed by atoms with Crippen molar-refractivity contribution < 1.29 is 10.0 Å². The second kappa shape index (κ2) is 4.80. The maximum atomic E-state index is 10.5. The Bertz CT molecular complexity index is 517. The molecule has 0 aliphatic heterocycles. The van der Waals surface area contributed by atoms with E-state index in [1.165, 1.54) is 12.1 Å². The average molecular weight is 232 g/mol. The van der Waals surface area contributed by atoms with Gasteiger partial charge >= 0.3 is 0 Å². The smallest absolute Gasteiger partial charge is 0.269 e. The van der Waals surface area contributed by atoms with E-state index in [0.29, 0.717) is 6.54 Å². The van der Waals surface area contributed by atoms with E-state index < -0.39 is 4.92 Å². The summed E-state index contributed by atoms with van der Waals surface area (Å²) in [5.74, 6) is 0. The van der Waals surface area contributed by atoms with Gasteiger partial charge in [0.15, 0.2) is 0 Å². The number of aliphatic hydroxyl groups is 1. The largest absolute Gasteiger partial charge is 0.392 e. The first-order valence-corrected chi connectivity index (χ1v) is 5.18. The first kappa shape index (κ1) is 11.3. The molecule has 2 rings (SSSR count). The van der Waals surface area contributed by atoms with E-state index in [2.05, 4.69) is 0 Å². The molecule has 0 spiro atoms. The van der Waals surface area contributed by atoms with E-state index in [4.69, 9.17) is 5.11 Å². The van der Waals surface area contributed by atoms with Gasteiger partial charge in [0.05, 0.1) is 11.5 Å². The molecule has 0 aliphatic carbocycles. The Kier molecular flexibility index (Phi) is 3.20. The molecule has 17 heavy (non-hydrogen) atoms. The highest BCUT2D eigenvalue weighted by Gasteiger charge is 2.04. The fourth-order valence-electron chi connectivity index (χ4n) is 1.62. The molecule has 0 saturated carbocycles. The number of nitro benzene ring substituents is 1. The third-order valence-corrected chi connectivity index (χ3v) is 2.51. The van der Waals surface area contributed by atoms with Crippen molar-refractivity contribution in [3.63, 3.8) is 0 Å². The molecule has 0 amide bonds.